The van der Waals surface area contributed by atoms with Gasteiger partial charge in [-0.05, 0) is 36.3 Å². The van der Waals surface area contributed by atoms with Crippen LogP contribution in [0, 0.1) is 12.7 Å². The highest BCUT2D eigenvalue weighted by molar-refractivity contribution is 5.66. The van der Waals surface area contributed by atoms with Crippen molar-refractivity contribution in [2.75, 3.05) is 36.0 Å². The summed E-state index contributed by atoms with van der Waals surface area (Å²) in [6, 6.07) is 4.87. The van der Waals surface area contributed by atoms with Crippen LogP contribution in [0.25, 0.3) is 11.4 Å². The van der Waals surface area contributed by atoms with Gasteiger partial charge in [0.05, 0.1) is 5.56 Å². The molecule has 11 heteroatoms. The Labute approximate surface area is 172 Å². The van der Waals surface area contributed by atoms with Gasteiger partial charge in [0.2, 0.25) is 11.8 Å². The number of carbonyl (C=O) groups is 1. The minimum absolute atomic E-state index is 0.232. The fraction of sp³-hybridized carbons (Fsp3) is 0.368. The largest absolute Gasteiger partial charge is 0.480 e. The van der Waals surface area contributed by atoms with E-state index in [0.29, 0.717) is 18.1 Å². The number of halogens is 1. The summed E-state index contributed by atoms with van der Waals surface area (Å²) < 4.78 is 13.7. The molecule has 1 N–H and O–H groups in total. The zero-order valence-electron chi connectivity index (χ0n) is 16.4. The van der Waals surface area contributed by atoms with Crippen molar-refractivity contribution in [2.45, 2.75) is 19.9 Å². The lowest BCUT2D eigenvalue weighted by molar-refractivity contribution is -0.138. The molecule has 1 aromatic carbocycles. The molecule has 156 valence electrons. The predicted molar refractivity (Wildman–Crippen MR) is 107 cm³/mol. The minimum atomic E-state index is -1.05. The Morgan fingerprint density at radius 1 is 1.13 bits per heavy atom. The molecular formula is C19H21FN8O2. The lowest BCUT2D eigenvalue weighted by Crippen LogP contribution is -2.32. The first-order valence-electron chi connectivity index (χ1n) is 9.57. The standard InChI is InChI=1S/C19H21FN8O2/c1-13-3-4-15(20)9-16(13)26-5-2-6-27(8-7-26)19-21-10-14(11-22-19)18-23-25-28(24-18)12-17(29)30/h3-4,9-11H,2,5-8,12H2,1H3,(H,29,30). The van der Waals surface area contributed by atoms with Crippen LogP contribution in [0.15, 0.2) is 30.6 Å². The van der Waals surface area contributed by atoms with Gasteiger partial charge >= 0.3 is 5.97 Å². The van der Waals surface area contributed by atoms with Crippen molar-refractivity contribution in [1.82, 2.24) is 30.2 Å². The molecule has 1 saturated heterocycles. The van der Waals surface area contributed by atoms with Crippen LogP contribution in [-0.4, -0.2) is 67.4 Å². The molecule has 0 bridgehead atoms. The second-order valence-corrected chi connectivity index (χ2v) is 7.07. The van der Waals surface area contributed by atoms with Crippen molar-refractivity contribution in [3.8, 4) is 11.4 Å². The first-order valence-corrected chi connectivity index (χ1v) is 9.57. The van der Waals surface area contributed by atoms with Gasteiger partial charge in [-0.1, -0.05) is 6.07 Å². The lowest BCUT2D eigenvalue weighted by atomic mass is 10.1. The van der Waals surface area contributed by atoms with E-state index in [0.717, 1.165) is 42.1 Å². The number of tetrazole rings is 1. The average Bonchev–Trinajstić information content (AvgIpc) is 3.04. The maximum absolute atomic E-state index is 13.7. The van der Waals surface area contributed by atoms with E-state index in [1.54, 1.807) is 24.5 Å². The topological polar surface area (TPSA) is 113 Å². The molecule has 3 heterocycles. The Morgan fingerprint density at radius 3 is 2.63 bits per heavy atom. The van der Waals surface area contributed by atoms with Crippen LogP contribution in [0.1, 0.15) is 12.0 Å². The zero-order chi connectivity index (χ0) is 21.1. The third kappa shape index (κ3) is 4.34. The van der Waals surface area contributed by atoms with Crippen LogP contribution in [0.4, 0.5) is 16.0 Å². The van der Waals surface area contributed by atoms with Gasteiger partial charge in [-0.15, -0.1) is 10.2 Å². The van der Waals surface area contributed by atoms with E-state index < -0.39 is 5.97 Å². The monoisotopic (exact) mass is 412 g/mol. The highest BCUT2D eigenvalue weighted by Crippen LogP contribution is 2.23. The van der Waals surface area contributed by atoms with Gasteiger partial charge in [-0.25, -0.2) is 14.4 Å². The molecule has 2 aromatic heterocycles. The van der Waals surface area contributed by atoms with Crippen molar-refractivity contribution in [3.05, 3.63) is 42.0 Å². The fourth-order valence-corrected chi connectivity index (χ4v) is 3.43. The molecule has 0 aliphatic carbocycles. The summed E-state index contributed by atoms with van der Waals surface area (Å²) in [7, 11) is 0. The molecule has 0 atom stereocenters. The highest BCUT2D eigenvalue weighted by Gasteiger charge is 2.19. The third-order valence-corrected chi connectivity index (χ3v) is 4.92. The van der Waals surface area contributed by atoms with Crippen molar-refractivity contribution in [2.24, 2.45) is 0 Å². The molecule has 1 aliphatic heterocycles. The molecule has 0 radical (unpaired) electrons. The summed E-state index contributed by atoms with van der Waals surface area (Å²) in [6.45, 7) is 4.69. The summed E-state index contributed by atoms with van der Waals surface area (Å²) >= 11 is 0. The molecule has 30 heavy (non-hydrogen) atoms. The predicted octanol–water partition coefficient (Wildman–Crippen LogP) is 1.38. The normalized spacial score (nSPS) is 14.6. The van der Waals surface area contributed by atoms with E-state index in [4.69, 9.17) is 5.11 Å². The maximum Gasteiger partial charge on any atom is 0.327 e. The Kier molecular flexibility index (Phi) is 5.50. The second-order valence-electron chi connectivity index (χ2n) is 7.07. The number of aliphatic carboxylic acids is 1. The summed E-state index contributed by atoms with van der Waals surface area (Å²) in [5, 5.41) is 20.4. The summed E-state index contributed by atoms with van der Waals surface area (Å²) in [5.41, 5.74) is 2.53. The summed E-state index contributed by atoms with van der Waals surface area (Å²) in [4.78, 5) is 24.9. The number of carboxylic acids is 1. The second kappa shape index (κ2) is 8.39. The number of rotatable bonds is 5. The van der Waals surface area contributed by atoms with E-state index in [-0.39, 0.29) is 18.2 Å². The van der Waals surface area contributed by atoms with Gasteiger partial charge in [0.25, 0.3) is 0 Å². The third-order valence-electron chi connectivity index (χ3n) is 4.92. The van der Waals surface area contributed by atoms with Crippen LogP contribution in [-0.2, 0) is 11.3 Å². The lowest BCUT2D eigenvalue weighted by Gasteiger charge is -2.25. The van der Waals surface area contributed by atoms with E-state index in [1.165, 1.54) is 6.07 Å². The van der Waals surface area contributed by atoms with Crippen molar-refractivity contribution in [1.29, 1.82) is 0 Å². The maximum atomic E-state index is 13.7. The smallest absolute Gasteiger partial charge is 0.327 e. The van der Waals surface area contributed by atoms with Gasteiger partial charge in [-0.3, -0.25) is 4.79 Å². The van der Waals surface area contributed by atoms with Crippen LogP contribution < -0.4 is 9.80 Å². The summed E-state index contributed by atoms with van der Waals surface area (Å²) in [6.07, 6.45) is 4.10. The summed E-state index contributed by atoms with van der Waals surface area (Å²) in [5.74, 6) is -0.417. The highest BCUT2D eigenvalue weighted by atomic mass is 19.1. The van der Waals surface area contributed by atoms with E-state index in [1.807, 2.05) is 6.92 Å². The number of aromatic nitrogens is 6. The number of aryl methyl sites for hydroxylation is 1. The van der Waals surface area contributed by atoms with Gasteiger partial charge in [-0.2, -0.15) is 4.80 Å². The van der Waals surface area contributed by atoms with Crippen molar-refractivity contribution in [3.63, 3.8) is 0 Å². The number of carboxylic acid groups (broad SMARTS) is 1. The number of nitrogens with zero attached hydrogens (tertiary/aromatic N) is 8. The van der Waals surface area contributed by atoms with Crippen molar-refractivity contribution >= 4 is 17.6 Å². The minimum Gasteiger partial charge on any atom is -0.480 e. The average molecular weight is 412 g/mol. The van der Waals surface area contributed by atoms with Crippen molar-refractivity contribution < 1.29 is 14.3 Å². The molecule has 1 aliphatic rings. The fourth-order valence-electron chi connectivity index (χ4n) is 3.43. The Hall–Kier alpha value is -3.63. The molecular weight excluding hydrogens is 391 g/mol. The first kappa shape index (κ1) is 19.7. The van der Waals surface area contributed by atoms with Crippen LogP contribution in [0.2, 0.25) is 0 Å². The quantitative estimate of drug-likeness (QED) is 0.664. The van der Waals surface area contributed by atoms with Gasteiger partial charge in [0, 0.05) is 44.3 Å². The van der Waals surface area contributed by atoms with Crippen LogP contribution >= 0.6 is 0 Å². The molecule has 1 fully saturated rings. The molecule has 4 rings (SSSR count). The zero-order valence-corrected chi connectivity index (χ0v) is 16.4. The molecule has 0 unspecified atom stereocenters. The number of hydrogen-bond donors (Lipinski definition) is 1. The molecule has 0 saturated carbocycles. The molecule has 0 amide bonds. The number of benzene rings is 1. The van der Waals surface area contributed by atoms with E-state index in [2.05, 4.69) is 35.2 Å². The SMILES string of the molecule is Cc1ccc(F)cc1N1CCCN(c2ncc(-c3nnn(CC(=O)O)n3)cn2)CC1. The van der Waals surface area contributed by atoms with E-state index >= 15 is 0 Å². The van der Waals surface area contributed by atoms with Gasteiger partial charge in [0.15, 0.2) is 6.54 Å². The Morgan fingerprint density at radius 2 is 1.87 bits per heavy atom. The van der Waals surface area contributed by atoms with Gasteiger partial charge < -0.3 is 14.9 Å². The number of anilines is 2. The van der Waals surface area contributed by atoms with Gasteiger partial charge in [0.1, 0.15) is 5.82 Å². The van der Waals surface area contributed by atoms with Crippen LogP contribution in [0.3, 0.4) is 0 Å². The molecule has 3 aromatic rings. The van der Waals surface area contributed by atoms with E-state index in [9.17, 15) is 9.18 Å². The Bertz CT molecular complexity index is 1040. The van der Waals surface area contributed by atoms with Crippen LogP contribution in [0.5, 0.6) is 0 Å². The number of hydrogen-bond acceptors (Lipinski definition) is 8. The Balaban J connectivity index is 1.44. The molecule has 0 spiro atoms. The first-order chi connectivity index (χ1) is 14.5. The molecule has 10 nitrogen and oxygen atoms in total.